The highest BCUT2D eigenvalue weighted by Crippen LogP contribution is 2.32. The molecule has 0 radical (unpaired) electrons. The molecule has 0 aromatic carbocycles. The van der Waals surface area contributed by atoms with Crippen LogP contribution in [-0.4, -0.2) is 12.6 Å². The molecule has 2 nitrogen and oxygen atoms in total. The highest BCUT2D eigenvalue weighted by atomic mass is 16.5. The normalized spacial score (nSPS) is 25.2. The van der Waals surface area contributed by atoms with Gasteiger partial charge in [-0.25, -0.2) is 4.79 Å². The summed E-state index contributed by atoms with van der Waals surface area (Å²) in [5.74, 6) is 1.23. The molecule has 1 rings (SSSR count). The van der Waals surface area contributed by atoms with Gasteiger partial charge in [0.2, 0.25) is 0 Å². The molecule has 0 N–H and O–H groups in total. The number of hydrogen-bond acceptors (Lipinski definition) is 2. The van der Waals surface area contributed by atoms with Crippen LogP contribution in [0.2, 0.25) is 0 Å². The third-order valence-corrected chi connectivity index (χ3v) is 3.39. The minimum absolute atomic E-state index is 0.211. The Hall–Kier alpha value is -0.790. The zero-order chi connectivity index (χ0) is 11.3. The van der Waals surface area contributed by atoms with Crippen molar-refractivity contribution in [3.05, 3.63) is 12.2 Å². The van der Waals surface area contributed by atoms with E-state index in [2.05, 4.69) is 13.5 Å². The van der Waals surface area contributed by atoms with Crippen LogP contribution in [0.15, 0.2) is 12.2 Å². The van der Waals surface area contributed by atoms with Gasteiger partial charge in [0.1, 0.15) is 0 Å². The first kappa shape index (κ1) is 12.3. The molecular weight excluding hydrogens is 188 g/mol. The number of rotatable bonds is 5. The molecule has 1 aliphatic rings. The lowest BCUT2D eigenvalue weighted by Gasteiger charge is -2.11. The highest BCUT2D eigenvalue weighted by molar-refractivity contribution is 5.87. The summed E-state index contributed by atoms with van der Waals surface area (Å²) in [7, 11) is 0. The Kier molecular flexibility index (Phi) is 4.86. The number of esters is 1. The lowest BCUT2D eigenvalue weighted by Crippen LogP contribution is -2.13. The zero-order valence-corrected chi connectivity index (χ0v) is 9.92. The van der Waals surface area contributed by atoms with Gasteiger partial charge in [0, 0.05) is 5.57 Å². The number of hydrogen-bond donors (Lipinski definition) is 0. The van der Waals surface area contributed by atoms with E-state index in [-0.39, 0.29) is 5.97 Å². The van der Waals surface area contributed by atoms with Gasteiger partial charge in [-0.2, -0.15) is 0 Å². The summed E-state index contributed by atoms with van der Waals surface area (Å²) in [6.45, 7) is 8.42. The highest BCUT2D eigenvalue weighted by Gasteiger charge is 2.24. The lowest BCUT2D eigenvalue weighted by atomic mass is 10.0. The van der Waals surface area contributed by atoms with Crippen LogP contribution in [0.4, 0.5) is 0 Å². The van der Waals surface area contributed by atoms with Gasteiger partial charge in [0.05, 0.1) is 6.61 Å². The average molecular weight is 210 g/mol. The Bertz CT molecular complexity index is 233. The van der Waals surface area contributed by atoms with Crippen molar-refractivity contribution in [1.82, 2.24) is 0 Å². The van der Waals surface area contributed by atoms with Gasteiger partial charge in [-0.3, -0.25) is 0 Å². The van der Waals surface area contributed by atoms with Gasteiger partial charge < -0.3 is 4.74 Å². The monoisotopic (exact) mass is 210 g/mol. The fourth-order valence-electron chi connectivity index (χ4n) is 2.14. The van der Waals surface area contributed by atoms with Crippen LogP contribution < -0.4 is 0 Å². The van der Waals surface area contributed by atoms with Crippen LogP contribution in [0, 0.1) is 11.8 Å². The van der Waals surface area contributed by atoms with Crippen LogP contribution in [0.5, 0.6) is 0 Å². The number of carbonyl (C=O) groups excluding carboxylic acids is 1. The van der Waals surface area contributed by atoms with Crippen molar-refractivity contribution in [1.29, 1.82) is 0 Å². The third kappa shape index (κ3) is 3.69. The van der Waals surface area contributed by atoms with E-state index in [1.807, 2.05) is 6.92 Å². The van der Waals surface area contributed by atoms with Crippen molar-refractivity contribution < 1.29 is 9.53 Å². The first-order valence-corrected chi connectivity index (χ1v) is 6.02. The Labute approximate surface area is 92.7 Å². The summed E-state index contributed by atoms with van der Waals surface area (Å²) in [6.07, 6.45) is 5.67. The summed E-state index contributed by atoms with van der Waals surface area (Å²) in [5.41, 5.74) is 0.583. The van der Waals surface area contributed by atoms with Crippen LogP contribution in [0.3, 0.4) is 0 Å². The molecule has 0 spiro atoms. The predicted molar refractivity (Wildman–Crippen MR) is 61.5 cm³/mol. The van der Waals surface area contributed by atoms with Gasteiger partial charge in [0.15, 0.2) is 0 Å². The van der Waals surface area contributed by atoms with E-state index >= 15 is 0 Å². The summed E-state index contributed by atoms with van der Waals surface area (Å²) < 4.78 is 5.23. The first-order valence-electron chi connectivity index (χ1n) is 6.02. The van der Waals surface area contributed by atoms with Crippen LogP contribution >= 0.6 is 0 Å². The van der Waals surface area contributed by atoms with E-state index < -0.39 is 0 Å². The van der Waals surface area contributed by atoms with Crippen molar-refractivity contribution in [2.75, 3.05) is 6.61 Å². The van der Waals surface area contributed by atoms with Crippen molar-refractivity contribution in [2.45, 2.75) is 46.0 Å². The van der Waals surface area contributed by atoms with E-state index in [1.54, 1.807) is 0 Å². The SMILES string of the molecule is C=C(CC)C(=O)OCC1CCC(CC)C1. The lowest BCUT2D eigenvalue weighted by molar-refractivity contribution is -0.140. The molecule has 86 valence electrons. The quantitative estimate of drug-likeness (QED) is 0.514. The standard InChI is InChI=1S/C13H22O2/c1-4-10(3)13(14)15-9-12-7-6-11(5-2)8-12/h11-12H,3-9H2,1-2H3. The summed E-state index contributed by atoms with van der Waals surface area (Å²) in [6, 6.07) is 0. The second-order valence-electron chi connectivity index (χ2n) is 4.51. The molecule has 0 aromatic heterocycles. The number of ether oxygens (including phenoxy) is 1. The Morgan fingerprint density at radius 2 is 2.00 bits per heavy atom. The molecule has 1 saturated carbocycles. The molecule has 2 unspecified atom stereocenters. The fraction of sp³-hybridized carbons (Fsp3) is 0.769. The van der Waals surface area contributed by atoms with Gasteiger partial charge in [-0.15, -0.1) is 0 Å². The van der Waals surface area contributed by atoms with Gasteiger partial charge in [-0.05, 0) is 31.1 Å². The van der Waals surface area contributed by atoms with Gasteiger partial charge in [-0.1, -0.05) is 33.3 Å². The van der Waals surface area contributed by atoms with Crippen LogP contribution in [-0.2, 0) is 9.53 Å². The minimum Gasteiger partial charge on any atom is -0.462 e. The van der Waals surface area contributed by atoms with Crippen molar-refractivity contribution in [3.8, 4) is 0 Å². The smallest absolute Gasteiger partial charge is 0.333 e. The van der Waals surface area contributed by atoms with Crippen LogP contribution in [0.1, 0.15) is 46.0 Å². The Morgan fingerprint density at radius 3 is 2.53 bits per heavy atom. The topological polar surface area (TPSA) is 26.3 Å². The molecule has 0 aromatic rings. The van der Waals surface area contributed by atoms with E-state index in [0.29, 0.717) is 24.5 Å². The molecule has 0 saturated heterocycles. The van der Waals surface area contributed by atoms with Gasteiger partial charge in [0.25, 0.3) is 0 Å². The largest absolute Gasteiger partial charge is 0.462 e. The second kappa shape index (κ2) is 5.94. The molecule has 0 amide bonds. The molecule has 2 heteroatoms. The van der Waals surface area contributed by atoms with E-state index in [4.69, 9.17) is 4.74 Å². The second-order valence-corrected chi connectivity index (χ2v) is 4.51. The third-order valence-electron chi connectivity index (χ3n) is 3.39. The summed E-state index contributed by atoms with van der Waals surface area (Å²) in [4.78, 5) is 11.4. The molecule has 1 fully saturated rings. The average Bonchev–Trinajstić information content (AvgIpc) is 2.72. The van der Waals surface area contributed by atoms with E-state index in [1.165, 1.54) is 25.7 Å². The van der Waals surface area contributed by atoms with E-state index in [0.717, 1.165) is 5.92 Å². The Morgan fingerprint density at radius 1 is 1.33 bits per heavy atom. The molecular formula is C13H22O2. The Balaban J connectivity index is 2.21. The maximum absolute atomic E-state index is 11.4. The summed E-state index contributed by atoms with van der Waals surface area (Å²) in [5, 5.41) is 0. The fourth-order valence-corrected chi connectivity index (χ4v) is 2.14. The molecule has 0 bridgehead atoms. The predicted octanol–water partition coefficient (Wildman–Crippen LogP) is 3.32. The van der Waals surface area contributed by atoms with Crippen LogP contribution in [0.25, 0.3) is 0 Å². The molecule has 15 heavy (non-hydrogen) atoms. The molecule has 1 aliphatic carbocycles. The van der Waals surface area contributed by atoms with Gasteiger partial charge >= 0.3 is 5.97 Å². The van der Waals surface area contributed by atoms with Crippen molar-refractivity contribution in [3.63, 3.8) is 0 Å². The number of carbonyl (C=O) groups is 1. The molecule has 0 heterocycles. The van der Waals surface area contributed by atoms with E-state index in [9.17, 15) is 4.79 Å². The first-order chi connectivity index (χ1) is 7.17. The van der Waals surface area contributed by atoms with Crippen molar-refractivity contribution in [2.24, 2.45) is 11.8 Å². The maximum Gasteiger partial charge on any atom is 0.333 e. The minimum atomic E-state index is -0.211. The van der Waals surface area contributed by atoms with Crippen molar-refractivity contribution >= 4 is 5.97 Å². The molecule has 0 aliphatic heterocycles. The molecule has 2 atom stereocenters. The maximum atomic E-state index is 11.4. The summed E-state index contributed by atoms with van der Waals surface area (Å²) >= 11 is 0. The zero-order valence-electron chi connectivity index (χ0n) is 9.92.